The summed E-state index contributed by atoms with van der Waals surface area (Å²) in [5, 5.41) is 0. The van der Waals surface area contributed by atoms with E-state index < -0.39 is 0 Å². The molecule has 0 aliphatic rings. The molecule has 0 amide bonds. The molecule has 0 unspecified atom stereocenters. The van der Waals surface area contributed by atoms with E-state index in [0.29, 0.717) is 30.5 Å². The molecule has 0 aliphatic carbocycles. The molecule has 0 atom stereocenters. The van der Waals surface area contributed by atoms with Gasteiger partial charge in [0.25, 0.3) is 0 Å². The molecule has 0 aliphatic heterocycles. The molecule has 0 heterocycles. The van der Waals surface area contributed by atoms with Crippen molar-refractivity contribution < 1.29 is 52.1 Å². The predicted molar refractivity (Wildman–Crippen MR) is 306 cm³/mol. The van der Waals surface area contributed by atoms with Gasteiger partial charge in [-0.2, -0.15) is 0 Å². The summed E-state index contributed by atoms with van der Waals surface area (Å²) in [6.45, 7) is 7.21. The van der Waals surface area contributed by atoms with Crippen LogP contribution in [0.25, 0.3) is 36.5 Å². The third-order valence-electron chi connectivity index (χ3n) is 10.7. The van der Waals surface area contributed by atoms with E-state index in [-0.39, 0.29) is 0 Å². The zero-order chi connectivity index (χ0) is 52.7. The second-order valence-corrected chi connectivity index (χ2v) is 18.1. The highest BCUT2D eigenvalue weighted by Crippen LogP contribution is 2.46. The van der Waals surface area contributed by atoms with Crippen LogP contribution in [0, 0.1) is 6.92 Å². The van der Waals surface area contributed by atoms with Crippen LogP contribution in [0.4, 0.5) is 0 Å². The molecule has 0 fully saturated rings. The third-order valence-corrected chi connectivity index (χ3v) is 14.1. The van der Waals surface area contributed by atoms with Crippen LogP contribution in [0.5, 0.6) is 63.2 Å². The molecule has 72 heavy (non-hydrogen) atoms. The lowest BCUT2D eigenvalue weighted by molar-refractivity contribution is 0.323. The molecule has 384 valence electrons. The summed E-state index contributed by atoms with van der Waals surface area (Å²) < 4.78 is 62.6. The zero-order valence-corrected chi connectivity index (χ0v) is 48.6. The maximum Gasteiger partial charge on any atom is 0.204 e. The maximum atomic E-state index is 5.64. The number of halogens is 3. The van der Waals surface area contributed by atoms with Crippen molar-refractivity contribution >= 4 is 96.0 Å². The van der Waals surface area contributed by atoms with E-state index in [0.717, 1.165) is 103 Å². The van der Waals surface area contributed by atoms with Gasteiger partial charge in [-0.1, -0.05) is 42.5 Å². The van der Waals surface area contributed by atoms with Crippen LogP contribution in [0.1, 0.15) is 52.8 Å². The minimum Gasteiger partial charge on any atom is -0.497 e. The number of aryl methyl sites for hydroxylation is 1. The van der Waals surface area contributed by atoms with Crippen LogP contribution in [0.3, 0.4) is 0 Å². The molecule has 0 radical (unpaired) electrons. The first-order valence-corrected chi connectivity index (χ1v) is 26.0. The molecule has 6 aromatic rings. The van der Waals surface area contributed by atoms with Crippen LogP contribution in [0.15, 0.2) is 103 Å². The lowest BCUT2D eigenvalue weighted by atomic mass is 10.1. The first kappa shape index (κ1) is 58.7. The van der Waals surface area contributed by atoms with Crippen molar-refractivity contribution in [3.8, 4) is 63.2 Å². The fourth-order valence-corrected chi connectivity index (χ4v) is 9.22. The van der Waals surface area contributed by atoms with Crippen LogP contribution in [-0.2, 0) is 0 Å². The van der Waals surface area contributed by atoms with Crippen molar-refractivity contribution in [3.63, 3.8) is 0 Å². The predicted octanol–water partition coefficient (Wildman–Crippen LogP) is 15.8. The first-order chi connectivity index (χ1) is 34.8. The summed E-state index contributed by atoms with van der Waals surface area (Å²) in [5.74, 6) is 7.98. The number of ether oxygens (including phenoxy) is 11. The Hall–Kier alpha value is -5.87. The molecule has 6 rings (SSSR count). The van der Waals surface area contributed by atoms with Gasteiger partial charge in [-0.05, 0) is 152 Å². The number of benzene rings is 6. The lowest BCUT2D eigenvalue weighted by Crippen LogP contribution is -1.97. The molecule has 0 aromatic heterocycles. The highest BCUT2D eigenvalue weighted by atomic mass is 79.9. The van der Waals surface area contributed by atoms with E-state index in [1.807, 2.05) is 135 Å². The molecular formula is C57H63Br3O11S. The molecule has 0 bridgehead atoms. The van der Waals surface area contributed by atoms with E-state index >= 15 is 0 Å². The van der Waals surface area contributed by atoms with Crippen molar-refractivity contribution in [3.05, 3.63) is 137 Å². The van der Waals surface area contributed by atoms with Crippen LogP contribution in [-0.4, -0.2) is 83.5 Å². The van der Waals surface area contributed by atoms with Crippen molar-refractivity contribution in [1.29, 1.82) is 0 Å². The molecule has 6 aromatic carbocycles. The van der Waals surface area contributed by atoms with Gasteiger partial charge >= 0.3 is 0 Å². The van der Waals surface area contributed by atoms with Crippen LogP contribution < -0.4 is 52.1 Å². The van der Waals surface area contributed by atoms with Gasteiger partial charge in [0.15, 0.2) is 11.5 Å². The summed E-state index contributed by atoms with van der Waals surface area (Å²) in [6, 6.07) is 27.2. The van der Waals surface area contributed by atoms with Gasteiger partial charge in [0.05, 0.1) is 86.1 Å². The minimum absolute atomic E-state index is 0.540. The molecule has 0 saturated carbocycles. The number of thioether (sulfide) groups is 1. The standard InChI is InChI=1S/C20H23BrO5.C20H23BrO3S.C17H17BrO3/c1-6-26-15-10-9-13(16(12-15)22-2)7-8-14-11-17(23-3)19(24-4)20(25-5)18(14)21;1-6-24-14-11-18(23-4)15(19(12-14)25-5)8-9-16-17(22-3)10-7-13(2)20(16)21;1-19-14-10-9-12(16(11-14)21-3)7-8-13-5-4-6-15(20-2)17(13)18/h7-12H,6H2,1-5H3;7-12H,6H2,1-5H3;4-11H,1-3H3/b8-7+;9-8+;8-7+. The Bertz CT molecular complexity index is 2780. The van der Waals surface area contributed by atoms with E-state index in [9.17, 15) is 0 Å². The van der Waals surface area contributed by atoms with Crippen LogP contribution in [0.2, 0.25) is 0 Å². The number of rotatable bonds is 20. The summed E-state index contributed by atoms with van der Waals surface area (Å²) in [4.78, 5) is 1.10. The van der Waals surface area contributed by atoms with E-state index in [2.05, 4.69) is 60.8 Å². The van der Waals surface area contributed by atoms with Gasteiger partial charge in [-0.15, -0.1) is 11.8 Å². The Morgan fingerprint density at radius 1 is 0.403 bits per heavy atom. The Morgan fingerprint density at radius 2 is 0.931 bits per heavy atom. The smallest absolute Gasteiger partial charge is 0.204 e. The SMILES string of the molecule is CCOc1cc(OC)c(/C=C/c2c(OC)ccc(C)c2Br)c(SC)c1.CCOc1ccc(/C=C/c2cc(OC)c(OC)c(OC)c2Br)c(OC)c1.COc1ccc(/C=C/c2cccc(OC)c2Br)c(OC)c1. The highest BCUT2D eigenvalue weighted by Gasteiger charge is 2.18. The Balaban J connectivity index is 0.000000236. The van der Waals surface area contributed by atoms with Gasteiger partial charge < -0.3 is 52.1 Å². The summed E-state index contributed by atoms with van der Waals surface area (Å²) >= 11 is 12.4. The summed E-state index contributed by atoms with van der Waals surface area (Å²) in [6.07, 6.45) is 14.1. The first-order valence-electron chi connectivity index (χ1n) is 22.4. The fourth-order valence-electron chi connectivity index (χ4n) is 6.99. The Labute approximate surface area is 454 Å². The van der Waals surface area contributed by atoms with Crippen molar-refractivity contribution in [2.45, 2.75) is 25.7 Å². The van der Waals surface area contributed by atoms with Gasteiger partial charge in [-0.25, -0.2) is 0 Å². The number of methoxy groups -OCH3 is 9. The van der Waals surface area contributed by atoms with E-state index in [1.54, 1.807) is 75.8 Å². The second kappa shape index (κ2) is 30.2. The monoisotopic (exact) mass is 1190 g/mol. The Kier molecular flexibility index (Phi) is 24.6. The third kappa shape index (κ3) is 15.6. The van der Waals surface area contributed by atoms with Crippen molar-refractivity contribution in [1.82, 2.24) is 0 Å². The highest BCUT2D eigenvalue weighted by molar-refractivity contribution is 9.11. The zero-order valence-electron chi connectivity index (χ0n) is 43.0. The molecular weight excluding hydrogens is 1130 g/mol. The lowest BCUT2D eigenvalue weighted by Gasteiger charge is -2.15. The Morgan fingerprint density at radius 3 is 1.49 bits per heavy atom. The quantitative estimate of drug-likeness (QED) is 0.0537. The average molecular weight is 1200 g/mol. The number of hydrogen-bond donors (Lipinski definition) is 0. The summed E-state index contributed by atoms with van der Waals surface area (Å²) in [7, 11) is 14.7. The molecule has 0 N–H and O–H groups in total. The van der Waals surface area contributed by atoms with Crippen molar-refractivity contribution in [2.24, 2.45) is 0 Å². The van der Waals surface area contributed by atoms with E-state index in [4.69, 9.17) is 52.1 Å². The average Bonchev–Trinajstić information content (AvgIpc) is 3.40. The largest absolute Gasteiger partial charge is 0.497 e. The van der Waals surface area contributed by atoms with Crippen molar-refractivity contribution in [2.75, 3.05) is 83.5 Å². The minimum atomic E-state index is 0.540. The fraction of sp³-hybridized carbons (Fsp3) is 0.263. The topological polar surface area (TPSA) is 102 Å². The van der Waals surface area contributed by atoms with Gasteiger partial charge in [0.2, 0.25) is 5.75 Å². The van der Waals surface area contributed by atoms with E-state index in [1.165, 1.54) is 0 Å². The summed E-state index contributed by atoms with van der Waals surface area (Å²) in [5.41, 5.74) is 7.01. The number of hydrogen-bond acceptors (Lipinski definition) is 12. The van der Waals surface area contributed by atoms with Gasteiger partial charge in [0.1, 0.15) is 46.0 Å². The molecule has 15 heteroatoms. The molecule has 0 spiro atoms. The van der Waals surface area contributed by atoms with Gasteiger partial charge in [0, 0.05) is 49.8 Å². The van der Waals surface area contributed by atoms with Crippen LogP contribution >= 0.6 is 59.6 Å². The molecule has 0 saturated heterocycles. The second-order valence-electron chi connectivity index (χ2n) is 14.8. The normalized spacial score (nSPS) is 10.8. The maximum absolute atomic E-state index is 5.64. The molecule has 11 nitrogen and oxygen atoms in total. The van der Waals surface area contributed by atoms with Gasteiger partial charge in [-0.3, -0.25) is 0 Å².